The van der Waals surface area contributed by atoms with Gasteiger partial charge in [-0.2, -0.15) is 0 Å². The Balaban J connectivity index is 1.78. The van der Waals surface area contributed by atoms with Gasteiger partial charge in [0.25, 0.3) is 5.91 Å². The van der Waals surface area contributed by atoms with Gasteiger partial charge in [0.1, 0.15) is 0 Å². The highest BCUT2D eigenvalue weighted by molar-refractivity contribution is 9.10. The molecule has 0 bridgehead atoms. The molecular weight excluding hydrogens is 366 g/mol. The van der Waals surface area contributed by atoms with Crippen LogP contribution in [-0.2, 0) is 0 Å². The minimum Gasteiger partial charge on any atom is -0.322 e. The quantitative estimate of drug-likeness (QED) is 0.539. The molecule has 4 rings (SSSR count). The zero-order valence-corrected chi connectivity index (χ0v) is 14.1. The van der Waals surface area contributed by atoms with E-state index in [2.05, 4.69) is 21.2 Å². The van der Waals surface area contributed by atoms with Crippen LogP contribution in [0.15, 0.2) is 71.2 Å². The lowest BCUT2D eigenvalue weighted by atomic mass is 9.99. The van der Waals surface area contributed by atoms with Gasteiger partial charge < -0.3 is 5.32 Å². The maximum atomic E-state index is 12.7. The number of carbonyl (C=O) groups excluding carboxylic acids is 2. The first kappa shape index (κ1) is 14.8. The number of fused-ring (bicyclic) bond motifs is 3. The number of benzene rings is 3. The Kier molecular flexibility index (Phi) is 3.54. The minimum absolute atomic E-state index is 0.0288. The highest BCUT2D eigenvalue weighted by Crippen LogP contribution is 2.38. The first-order valence-electron chi connectivity index (χ1n) is 7.49. The molecule has 0 aromatic heterocycles. The topological polar surface area (TPSA) is 46.2 Å². The highest BCUT2D eigenvalue weighted by atomic mass is 79.9. The highest BCUT2D eigenvalue weighted by Gasteiger charge is 2.30. The van der Waals surface area contributed by atoms with Gasteiger partial charge in [0.05, 0.1) is 0 Å². The van der Waals surface area contributed by atoms with Gasteiger partial charge in [0, 0.05) is 32.4 Å². The fraction of sp³-hybridized carbons (Fsp3) is 0. The molecule has 3 aromatic rings. The van der Waals surface area contributed by atoms with Crippen LogP contribution in [-0.4, -0.2) is 11.7 Å². The number of anilines is 1. The van der Waals surface area contributed by atoms with Gasteiger partial charge in [-0.1, -0.05) is 52.3 Å². The minimum atomic E-state index is -0.223. The summed E-state index contributed by atoms with van der Waals surface area (Å²) in [5, 5.41) is 2.89. The van der Waals surface area contributed by atoms with Crippen molar-refractivity contribution in [2.75, 3.05) is 5.32 Å². The summed E-state index contributed by atoms with van der Waals surface area (Å²) in [6.45, 7) is 0. The Morgan fingerprint density at radius 3 is 2.21 bits per heavy atom. The van der Waals surface area contributed by atoms with Crippen LogP contribution in [0.5, 0.6) is 0 Å². The van der Waals surface area contributed by atoms with E-state index in [4.69, 9.17) is 0 Å². The summed E-state index contributed by atoms with van der Waals surface area (Å²) in [4.78, 5) is 25.3. The normalized spacial score (nSPS) is 11.8. The van der Waals surface area contributed by atoms with Crippen LogP contribution in [0.4, 0.5) is 5.69 Å². The predicted molar refractivity (Wildman–Crippen MR) is 97.4 cm³/mol. The molecule has 0 spiro atoms. The second kappa shape index (κ2) is 5.73. The predicted octanol–water partition coefficient (Wildman–Crippen LogP) is 4.91. The molecule has 116 valence electrons. The van der Waals surface area contributed by atoms with Gasteiger partial charge in [-0.3, -0.25) is 9.59 Å². The average molecular weight is 378 g/mol. The number of carbonyl (C=O) groups is 2. The molecule has 1 aliphatic rings. The molecule has 0 unspecified atom stereocenters. The summed E-state index contributed by atoms with van der Waals surface area (Å²) in [6, 6.07) is 20.1. The first-order valence-corrected chi connectivity index (χ1v) is 8.28. The Hall–Kier alpha value is -2.72. The van der Waals surface area contributed by atoms with Crippen LogP contribution >= 0.6 is 15.9 Å². The van der Waals surface area contributed by atoms with E-state index < -0.39 is 0 Å². The summed E-state index contributed by atoms with van der Waals surface area (Å²) < 4.78 is 0.945. The smallest absolute Gasteiger partial charge is 0.256 e. The van der Waals surface area contributed by atoms with Crippen molar-refractivity contribution in [3.63, 3.8) is 0 Å². The number of halogens is 1. The monoisotopic (exact) mass is 377 g/mol. The zero-order valence-electron chi connectivity index (χ0n) is 12.5. The van der Waals surface area contributed by atoms with Crippen molar-refractivity contribution in [2.24, 2.45) is 0 Å². The molecule has 3 aromatic carbocycles. The molecule has 0 saturated carbocycles. The van der Waals surface area contributed by atoms with E-state index in [9.17, 15) is 9.59 Å². The molecule has 1 N–H and O–H groups in total. The molecule has 24 heavy (non-hydrogen) atoms. The molecule has 0 saturated heterocycles. The van der Waals surface area contributed by atoms with E-state index in [0.29, 0.717) is 27.9 Å². The third-order valence-electron chi connectivity index (χ3n) is 4.10. The summed E-state index contributed by atoms with van der Waals surface area (Å²) >= 11 is 3.37. The number of amides is 1. The van der Waals surface area contributed by atoms with Gasteiger partial charge in [0.15, 0.2) is 5.78 Å². The van der Waals surface area contributed by atoms with Crippen molar-refractivity contribution in [1.82, 2.24) is 0 Å². The van der Waals surface area contributed by atoms with Crippen molar-refractivity contribution < 1.29 is 9.59 Å². The van der Waals surface area contributed by atoms with E-state index in [-0.39, 0.29) is 11.7 Å². The van der Waals surface area contributed by atoms with Crippen molar-refractivity contribution >= 4 is 33.3 Å². The van der Waals surface area contributed by atoms with Gasteiger partial charge in [0.2, 0.25) is 0 Å². The molecule has 1 aliphatic carbocycles. The summed E-state index contributed by atoms with van der Waals surface area (Å²) in [6.07, 6.45) is 0. The van der Waals surface area contributed by atoms with Crippen LogP contribution in [0, 0.1) is 0 Å². The van der Waals surface area contributed by atoms with Crippen LogP contribution < -0.4 is 5.32 Å². The van der Waals surface area contributed by atoms with E-state index in [1.54, 1.807) is 24.3 Å². The van der Waals surface area contributed by atoms with Crippen LogP contribution in [0.25, 0.3) is 11.1 Å². The van der Waals surface area contributed by atoms with Gasteiger partial charge in [-0.15, -0.1) is 0 Å². The number of hydrogen-bond acceptors (Lipinski definition) is 2. The molecular formula is C20H12BrNO2. The fourth-order valence-corrected chi connectivity index (χ4v) is 3.26. The Morgan fingerprint density at radius 1 is 0.792 bits per heavy atom. The molecule has 0 fully saturated rings. The van der Waals surface area contributed by atoms with Crippen molar-refractivity contribution in [2.45, 2.75) is 0 Å². The summed E-state index contributed by atoms with van der Waals surface area (Å²) in [7, 11) is 0. The van der Waals surface area contributed by atoms with Crippen molar-refractivity contribution in [1.29, 1.82) is 0 Å². The van der Waals surface area contributed by atoms with Crippen LogP contribution in [0.3, 0.4) is 0 Å². The summed E-state index contributed by atoms with van der Waals surface area (Å²) in [5.74, 6) is -0.252. The second-order valence-electron chi connectivity index (χ2n) is 5.56. The number of hydrogen-bond donors (Lipinski definition) is 1. The third kappa shape index (κ3) is 2.36. The van der Waals surface area contributed by atoms with Gasteiger partial charge >= 0.3 is 0 Å². The van der Waals surface area contributed by atoms with E-state index in [1.807, 2.05) is 42.5 Å². The molecule has 1 amide bonds. The molecule has 0 atom stereocenters. The average Bonchev–Trinajstić information content (AvgIpc) is 2.90. The number of ketones is 1. The molecule has 0 radical (unpaired) electrons. The van der Waals surface area contributed by atoms with E-state index >= 15 is 0 Å². The lowest BCUT2D eigenvalue weighted by Crippen LogP contribution is -2.13. The van der Waals surface area contributed by atoms with Crippen molar-refractivity contribution in [3.05, 3.63) is 87.9 Å². The fourth-order valence-electron chi connectivity index (χ4n) is 3.00. The molecule has 3 nitrogen and oxygen atoms in total. The Bertz CT molecular complexity index is 977. The first-order chi connectivity index (χ1) is 11.6. The molecule has 0 heterocycles. The van der Waals surface area contributed by atoms with E-state index in [0.717, 1.165) is 10.0 Å². The van der Waals surface area contributed by atoms with E-state index in [1.165, 1.54) is 0 Å². The maximum Gasteiger partial charge on any atom is 0.256 e. The summed E-state index contributed by atoms with van der Waals surface area (Å²) in [5.41, 5.74) is 3.98. The van der Waals surface area contributed by atoms with Gasteiger partial charge in [-0.05, 0) is 35.9 Å². The molecule has 0 aliphatic heterocycles. The second-order valence-corrected chi connectivity index (χ2v) is 6.48. The lowest BCUT2D eigenvalue weighted by molar-refractivity contribution is 0.102. The SMILES string of the molecule is O=C(Nc1ccc(Br)cc1)c1cccc2c1-c1ccccc1C2=O. The van der Waals surface area contributed by atoms with Gasteiger partial charge in [-0.25, -0.2) is 0 Å². The number of rotatable bonds is 2. The standard InChI is InChI=1S/C20H12BrNO2/c21-12-8-10-13(11-9-12)22-20(24)17-7-3-6-16-18(17)14-4-1-2-5-15(14)19(16)23/h1-11H,(H,22,24). The largest absolute Gasteiger partial charge is 0.322 e. The Morgan fingerprint density at radius 2 is 1.46 bits per heavy atom. The lowest BCUT2D eigenvalue weighted by Gasteiger charge is -2.10. The van der Waals surface area contributed by atoms with Crippen LogP contribution in [0.1, 0.15) is 26.3 Å². The maximum absolute atomic E-state index is 12.7. The zero-order chi connectivity index (χ0) is 16.7. The third-order valence-corrected chi connectivity index (χ3v) is 4.63. The van der Waals surface area contributed by atoms with Crippen molar-refractivity contribution in [3.8, 4) is 11.1 Å². The molecule has 4 heteroatoms. The van der Waals surface area contributed by atoms with Crippen LogP contribution in [0.2, 0.25) is 0 Å². The Labute approximate surface area is 147 Å². The number of nitrogens with one attached hydrogen (secondary N) is 1.